The van der Waals surface area contributed by atoms with Crippen LogP contribution in [0.15, 0.2) is 0 Å². The molecule has 0 atom stereocenters. The number of carbonyl (C=O) groups excluding carboxylic acids is 2. The van der Waals surface area contributed by atoms with Crippen molar-refractivity contribution in [2.75, 3.05) is 13.1 Å². The van der Waals surface area contributed by atoms with E-state index >= 15 is 0 Å². The molecule has 34 heavy (non-hydrogen) atoms. The molecular weight excluding hydrogens is 490 g/mol. The second-order valence-electron chi connectivity index (χ2n) is 6.82. The molecule has 0 aliphatic rings. The minimum atomic E-state index is -2.40. The van der Waals surface area contributed by atoms with E-state index in [0.717, 1.165) is 0 Å². The molecule has 0 bridgehead atoms. The fourth-order valence-electron chi connectivity index (χ4n) is 2.79. The highest BCUT2D eigenvalue weighted by atomic mass is 19.2. The second kappa shape index (κ2) is 11.2. The predicted octanol–water partition coefficient (Wildman–Crippen LogP) is 4.80. The van der Waals surface area contributed by atoms with Crippen molar-refractivity contribution in [3.8, 4) is 0 Å². The molecule has 0 fully saturated rings. The van der Waals surface area contributed by atoms with E-state index in [0.29, 0.717) is 12.8 Å². The Morgan fingerprint density at radius 3 is 0.912 bits per heavy atom. The van der Waals surface area contributed by atoms with Crippen LogP contribution >= 0.6 is 0 Å². The summed E-state index contributed by atoms with van der Waals surface area (Å²) in [6.45, 7) is -0.426. The van der Waals surface area contributed by atoms with Crippen LogP contribution in [0.4, 0.5) is 43.9 Å². The van der Waals surface area contributed by atoms with E-state index in [1.54, 1.807) is 0 Å². The minimum absolute atomic E-state index is 0.173. The SMILES string of the molecule is O=C(NCCCCCCNC(=O)c1c(F)c(F)c(F)c(F)c1F)c1c(F)c(F)c(F)c(F)c1F. The molecule has 0 saturated heterocycles. The van der Waals surface area contributed by atoms with Crippen molar-refractivity contribution < 1.29 is 53.5 Å². The topological polar surface area (TPSA) is 58.2 Å². The Labute approximate surface area is 184 Å². The van der Waals surface area contributed by atoms with Gasteiger partial charge in [-0.3, -0.25) is 9.59 Å². The zero-order valence-corrected chi connectivity index (χ0v) is 16.8. The smallest absolute Gasteiger partial charge is 0.257 e. The second-order valence-corrected chi connectivity index (χ2v) is 6.82. The summed E-state index contributed by atoms with van der Waals surface area (Å²) >= 11 is 0. The van der Waals surface area contributed by atoms with Crippen LogP contribution in [-0.2, 0) is 0 Å². The van der Waals surface area contributed by atoms with Crippen LogP contribution in [0.2, 0.25) is 0 Å². The van der Waals surface area contributed by atoms with Gasteiger partial charge in [-0.2, -0.15) is 0 Å². The fourth-order valence-corrected chi connectivity index (χ4v) is 2.79. The molecule has 0 spiro atoms. The first-order valence-electron chi connectivity index (χ1n) is 9.51. The number of hydrogen-bond donors (Lipinski definition) is 2. The van der Waals surface area contributed by atoms with Gasteiger partial charge < -0.3 is 10.6 Å². The van der Waals surface area contributed by atoms with Crippen molar-refractivity contribution in [2.24, 2.45) is 0 Å². The monoisotopic (exact) mass is 504 g/mol. The van der Waals surface area contributed by atoms with Gasteiger partial charge in [-0.1, -0.05) is 12.8 Å². The lowest BCUT2D eigenvalue weighted by molar-refractivity contribution is 0.0931. The molecule has 14 heteroatoms. The van der Waals surface area contributed by atoms with Gasteiger partial charge in [0.05, 0.1) is 0 Å². The van der Waals surface area contributed by atoms with Crippen LogP contribution in [0.25, 0.3) is 0 Å². The summed E-state index contributed by atoms with van der Waals surface area (Å²) in [5.41, 5.74) is -3.26. The Balaban J connectivity index is 1.77. The van der Waals surface area contributed by atoms with Crippen LogP contribution in [0.5, 0.6) is 0 Å². The van der Waals surface area contributed by atoms with Gasteiger partial charge >= 0.3 is 0 Å². The van der Waals surface area contributed by atoms with Gasteiger partial charge in [-0.25, -0.2) is 43.9 Å². The van der Waals surface area contributed by atoms with Crippen molar-refractivity contribution in [1.82, 2.24) is 10.6 Å². The average Bonchev–Trinajstić information content (AvgIpc) is 2.80. The Hall–Kier alpha value is -3.32. The Kier molecular flexibility index (Phi) is 8.87. The summed E-state index contributed by atoms with van der Waals surface area (Å²) in [6, 6.07) is 0. The van der Waals surface area contributed by atoms with Crippen LogP contribution in [-0.4, -0.2) is 24.9 Å². The standard InChI is InChI=1S/C20H14F10N2O2/c21-9-7(10(22)14(26)17(29)13(9)25)19(33)31-5-3-1-2-4-6-32-20(34)8-11(23)15(27)18(30)16(28)12(8)24/h1-6H2,(H,31,33)(H,32,34). The first-order chi connectivity index (χ1) is 15.9. The largest absolute Gasteiger partial charge is 0.352 e. The minimum Gasteiger partial charge on any atom is -0.352 e. The highest BCUT2D eigenvalue weighted by Gasteiger charge is 2.30. The van der Waals surface area contributed by atoms with Crippen molar-refractivity contribution in [3.05, 3.63) is 69.3 Å². The molecule has 0 unspecified atom stereocenters. The third kappa shape index (κ3) is 5.42. The van der Waals surface area contributed by atoms with E-state index in [9.17, 15) is 53.5 Å². The molecular formula is C20H14F10N2O2. The van der Waals surface area contributed by atoms with Gasteiger partial charge in [0.15, 0.2) is 46.5 Å². The number of halogens is 10. The van der Waals surface area contributed by atoms with Gasteiger partial charge in [0.2, 0.25) is 11.6 Å². The molecule has 2 N–H and O–H groups in total. The maximum Gasteiger partial charge on any atom is 0.257 e. The number of carbonyl (C=O) groups is 2. The van der Waals surface area contributed by atoms with Crippen molar-refractivity contribution in [2.45, 2.75) is 25.7 Å². The quantitative estimate of drug-likeness (QED) is 0.223. The molecule has 0 aromatic heterocycles. The van der Waals surface area contributed by atoms with Gasteiger partial charge in [0, 0.05) is 13.1 Å². The summed E-state index contributed by atoms with van der Waals surface area (Å²) in [7, 11) is 0. The molecule has 0 aliphatic heterocycles. The van der Waals surface area contributed by atoms with Crippen molar-refractivity contribution in [3.63, 3.8) is 0 Å². The van der Waals surface area contributed by atoms with E-state index < -0.39 is 81.1 Å². The van der Waals surface area contributed by atoms with Gasteiger partial charge in [-0.05, 0) is 12.8 Å². The summed E-state index contributed by atoms with van der Waals surface area (Å²) < 4.78 is 133. The molecule has 186 valence electrons. The molecule has 0 aliphatic carbocycles. The number of amides is 2. The third-order valence-corrected chi connectivity index (χ3v) is 4.55. The van der Waals surface area contributed by atoms with E-state index in [1.807, 2.05) is 10.6 Å². The van der Waals surface area contributed by atoms with Gasteiger partial charge in [0.25, 0.3) is 11.8 Å². The predicted molar refractivity (Wildman–Crippen MR) is 95.6 cm³/mol. The maximum atomic E-state index is 13.5. The fraction of sp³-hybridized carbons (Fsp3) is 0.300. The highest BCUT2D eigenvalue weighted by molar-refractivity contribution is 5.95. The Morgan fingerprint density at radius 1 is 0.412 bits per heavy atom. The van der Waals surface area contributed by atoms with Gasteiger partial charge in [-0.15, -0.1) is 0 Å². The first kappa shape index (κ1) is 26.9. The van der Waals surface area contributed by atoms with E-state index in [4.69, 9.17) is 0 Å². The van der Waals surface area contributed by atoms with Crippen LogP contribution < -0.4 is 10.6 Å². The molecule has 2 aromatic rings. The number of nitrogens with one attached hydrogen (secondary N) is 2. The summed E-state index contributed by atoms with van der Waals surface area (Å²) in [5.74, 6) is -26.0. The van der Waals surface area contributed by atoms with E-state index in [-0.39, 0.29) is 25.9 Å². The molecule has 2 aromatic carbocycles. The highest BCUT2D eigenvalue weighted by Crippen LogP contribution is 2.24. The molecule has 0 saturated carbocycles. The zero-order chi connectivity index (χ0) is 25.7. The zero-order valence-electron chi connectivity index (χ0n) is 16.8. The first-order valence-corrected chi connectivity index (χ1v) is 9.51. The Morgan fingerprint density at radius 2 is 0.647 bits per heavy atom. The lowest BCUT2D eigenvalue weighted by atomic mass is 10.1. The molecule has 2 rings (SSSR count). The van der Waals surface area contributed by atoms with Crippen LogP contribution in [0.1, 0.15) is 46.4 Å². The van der Waals surface area contributed by atoms with Gasteiger partial charge in [0.1, 0.15) is 11.1 Å². The Bertz CT molecular complexity index is 978. The van der Waals surface area contributed by atoms with E-state index in [1.165, 1.54) is 0 Å². The van der Waals surface area contributed by atoms with Crippen molar-refractivity contribution in [1.29, 1.82) is 0 Å². The summed E-state index contributed by atoms with van der Waals surface area (Å²) in [6.07, 6.45) is 0.977. The summed E-state index contributed by atoms with van der Waals surface area (Å²) in [4.78, 5) is 23.5. The lowest BCUT2D eigenvalue weighted by Crippen LogP contribution is -2.28. The summed E-state index contributed by atoms with van der Waals surface area (Å²) in [5, 5.41) is 3.97. The van der Waals surface area contributed by atoms with Crippen LogP contribution in [0.3, 0.4) is 0 Å². The number of hydrogen-bond acceptors (Lipinski definition) is 2. The maximum absolute atomic E-state index is 13.5. The molecule has 0 radical (unpaired) electrons. The average molecular weight is 504 g/mol. The molecule has 0 heterocycles. The van der Waals surface area contributed by atoms with Crippen molar-refractivity contribution >= 4 is 11.8 Å². The number of rotatable bonds is 9. The molecule has 2 amide bonds. The normalized spacial score (nSPS) is 11.0. The van der Waals surface area contributed by atoms with E-state index in [2.05, 4.69) is 0 Å². The van der Waals surface area contributed by atoms with Crippen LogP contribution in [0, 0.1) is 58.2 Å². The third-order valence-electron chi connectivity index (χ3n) is 4.55. The number of unbranched alkanes of at least 4 members (excludes halogenated alkanes) is 3. The molecule has 4 nitrogen and oxygen atoms in total. The number of benzene rings is 2. The lowest BCUT2D eigenvalue weighted by Gasteiger charge is -2.10.